The Morgan fingerprint density at radius 1 is 1.17 bits per heavy atom. The van der Waals surface area contributed by atoms with Gasteiger partial charge in [0.05, 0.1) is 6.10 Å². The van der Waals surface area contributed by atoms with E-state index in [9.17, 15) is 9.59 Å². The number of imide groups is 1. The summed E-state index contributed by atoms with van der Waals surface area (Å²) in [6, 6.07) is 0. The molecular formula is C8H15NO3. The van der Waals surface area contributed by atoms with E-state index in [0.717, 1.165) is 0 Å². The fourth-order valence-electron chi connectivity index (χ4n) is 0.488. The van der Waals surface area contributed by atoms with Crippen LogP contribution in [0.15, 0.2) is 0 Å². The van der Waals surface area contributed by atoms with E-state index in [1.54, 1.807) is 27.7 Å². The first-order valence-electron chi connectivity index (χ1n) is 3.95. The SMILES string of the molecule is CC(C)OC(=O)NC(=O)C(C)C. The Kier molecular flexibility index (Phi) is 4.33. The van der Waals surface area contributed by atoms with Crippen molar-refractivity contribution < 1.29 is 14.3 Å². The van der Waals surface area contributed by atoms with Gasteiger partial charge >= 0.3 is 6.09 Å². The second-order valence-corrected chi connectivity index (χ2v) is 3.10. The second-order valence-electron chi connectivity index (χ2n) is 3.10. The summed E-state index contributed by atoms with van der Waals surface area (Å²) in [4.78, 5) is 21.7. The summed E-state index contributed by atoms with van der Waals surface area (Å²) in [5.74, 6) is -0.523. The molecule has 0 aliphatic carbocycles. The number of amides is 2. The first kappa shape index (κ1) is 10.9. The average molecular weight is 173 g/mol. The maximum absolute atomic E-state index is 10.9. The quantitative estimate of drug-likeness (QED) is 0.684. The first-order valence-corrected chi connectivity index (χ1v) is 3.95. The molecule has 2 amide bonds. The van der Waals surface area contributed by atoms with Crippen molar-refractivity contribution in [2.45, 2.75) is 33.8 Å². The second kappa shape index (κ2) is 4.74. The summed E-state index contributed by atoms with van der Waals surface area (Å²) in [5.41, 5.74) is 0. The Hall–Kier alpha value is -1.06. The lowest BCUT2D eigenvalue weighted by atomic mass is 10.2. The zero-order valence-electron chi connectivity index (χ0n) is 7.88. The fourth-order valence-corrected chi connectivity index (χ4v) is 0.488. The van der Waals surface area contributed by atoms with Crippen LogP contribution in [0.25, 0.3) is 0 Å². The van der Waals surface area contributed by atoms with Crippen molar-refractivity contribution in [1.82, 2.24) is 5.32 Å². The molecule has 0 saturated heterocycles. The van der Waals surface area contributed by atoms with Gasteiger partial charge in [-0.25, -0.2) is 4.79 Å². The minimum atomic E-state index is -0.677. The number of nitrogens with one attached hydrogen (secondary N) is 1. The van der Waals surface area contributed by atoms with Crippen LogP contribution in [0.2, 0.25) is 0 Å². The molecule has 0 atom stereocenters. The standard InChI is InChI=1S/C8H15NO3/c1-5(2)7(10)9-8(11)12-6(3)4/h5-6H,1-4H3,(H,9,10,11). The van der Waals surface area contributed by atoms with Gasteiger partial charge in [-0.05, 0) is 13.8 Å². The van der Waals surface area contributed by atoms with Crippen molar-refractivity contribution in [2.75, 3.05) is 0 Å². The minimum absolute atomic E-state index is 0.204. The molecule has 0 unspecified atom stereocenters. The largest absolute Gasteiger partial charge is 0.447 e. The Morgan fingerprint density at radius 2 is 1.67 bits per heavy atom. The predicted octanol–water partition coefficient (Wildman–Crippen LogP) is 1.30. The van der Waals surface area contributed by atoms with Crippen LogP contribution in [0.3, 0.4) is 0 Å². The van der Waals surface area contributed by atoms with Gasteiger partial charge in [0.2, 0.25) is 5.91 Å². The number of carbonyl (C=O) groups excluding carboxylic acids is 2. The van der Waals surface area contributed by atoms with Crippen LogP contribution in [-0.4, -0.2) is 18.1 Å². The summed E-state index contributed by atoms with van der Waals surface area (Å²) in [6.07, 6.45) is -0.881. The Balaban J connectivity index is 3.77. The number of ether oxygens (including phenoxy) is 1. The number of rotatable bonds is 2. The van der Waals surface area contributed by atoms with E-state index in [0.29, 0.717) is 0 Å². The summed E-state index contributed by atoms with van der Waals surface area (Å²) in [6.45, 7) is 6.86. The zero-order valence-corrected chi connectivity index (χ0v) is 7.88. The lowest BCUT2D eigenvalue weighted by Crippen LogP contribution is -2.35. The number of hydrogen-bond acceptors (Lipinski definition) is 3. The van der Waals surface area contributed by atoms with Crippen molar-refractivity contribution in [2.24, 2.45) is 5.92 Å². The molecule has 0 rings (SSSR count). The van der Waals surface area contributed by atoms with Crippen LogP contribution in [-0.2, 0) is 9.53 Å². The molecule has 0 aromatic heterocycles. The molecule has 4 nitrogen and oxygen atoms in total. The molecule has 0 fully saturated rings. The maximum atomic E-state index is 10.9. The lowest BCUT2D eigenvalue weighted by molar-refractivity contribution is -0.123. The van der Waals surface area contributed by atoms with Crippen LogP contribution >= 0.6 is 0 Å². The zero-order chi connectivity index (χ0) is 9.72. The predicted molar refractivity (Wildman–Crippen MR) is 44.6 cm³/mol. The maximum Gasteiger partial charge on any atom is 0.414 e. The van der Waals surface area contributed by atoms with Gasteiger partial charge in [-0.1, -0.05) is 13.8 Å². The van der Waals surface area contributed by atoms with E-state index in [-0.39, 0.29) is 17.9 Å². The molecule has 0 aliphatic rings. The summed E-state index contributed by atoms with van der Waals surface area (Å²) in [7, 11) is 0. The molecule has 0 aliphatic heterocycles. The molecule has 70 valence electrons. The Bertz CT molecular complexity index is 175. The van der Waals surface area contributed by atoms with E-state index in [1.165, 1.54) is 0 Å². The van der Waals surface area contributed by atoms with Gasteiger partial charge < -0.3 is 4.74 Å². The van der Waals surface area contributed by atoms with E-state index >= 15 is 0 Å². The highest BCUT2D eigenvalue weighted by molar-refractivity contribution is 5.92. The molecule has 1 N–H and O–H groups in total. The highest BCUT2D eigenvalue weighted by Gasteiger charge is 2.12. The van der Waals surface area contributed by atoms with Gasteiger partial charge in [0.1, 0.15) is 0 Å². The van der Waals surface area contributed by atoms with Crippen molar-refractivity contribution in [3.63, 3.8) is 0 Å². The summed E-state index contributed by atoms with van der Waals surface area (Å²) >= 11 is 0. The molecule has 0 saturated carbocycles. The summed E-state index contributed by atoms with van der Waals surface area (Å²) in [5, 5.41) is 2.11. The topological polar surface area (TPSA) is 55.4 Å². The van der Waals surface area contributed by atoms with Crippen LogP contribution in [0.5, 0.6) is 0 Å². The molecule has 0 aromatic carbocycles. The molecule has 0 spiro atoms. The minimum Gasteiger partial charge on any atom is -0.447 e. The normalized spacial score (nSPS) is 10.2. The molecule has 12 heavy (non-hydrogen) atoms. The fraction of sp³-hybridized carbons (Fsp3) is 0.750. The van der Waals surface area contributed by atoms with Gasteiger partial charge in [-0.2, -0.15) is 0 Å². The van der Waals surface area contributed by atoms with E-state index in [4.69, 9.17) is 4.74 Å². The van der Waals surface area contributed by atoms with E-state index in [1.807, 2.05) is 0 Å². The Morgan fingerprint density at radius 3 is 2.00 bits per heavy atom. The highest BCUT2D eigenvalue weighted by atomic mass is 16.6. The van der Waals surface area contributed by atoms with Crippen LogP contribution in [0.4, 0.5) is 4.79 Å². The van der Waals surface area contributed by atoms with Crippen LogP contribution in [0.1, 0.15) is 27.7 Å². The molecular weight excluding hydrogens is 158 g/mol. The van der Waals surface area contributed by atoms with Crippen molar-refractivity contribution in [1.29, 1.82) is 0 Å². The Labute approximate surface area is 72.3 Å². The molecule has 0 bridgehead atoms. The van der Waals surface area contributed by atoms with Crippen LogP contribution in [0, 0.1) is 5.92 Å². The van der Waals surface area contributed by atoms with Gasteiger partial charge in [0, 0.05) is 5.92 Å². The molecule has 0 heterocycles. The third kappa shape index (κ3) is 4.71. The van der Waals surface area contributed by atoms with Crippen LogP contribution < -0.4 is 5.32 Å². The third-order valence-electron chi connectivity index (χ3n) is 1.09. The summed E-state index contributed by atoms with van der Waals surface area (Å²) < 4.78 is 4.70. The van der Waals surface area contributed by atoms with Gasteiger partial charge in [-0.15, -0.1) is 0 Å². The number of hydrogen-bond donors (Lipinski definition) is 1. The smallest absolute Gasteiger partial charge is 0.414 e. The molecule has 0 aromatic rings. The van der Waals surface area contributed by atoms with Gasteiger partial charge in [-0.3, -0.25) is 10.1 Å². The molecule has 0 radical (unpaired) electrons. The van der Waals surface area contributed by atoms with E-state index < -0.39 is 6.09 Å². The van der Waals surface area contributed by atoms with E-state index in [2.05, 4.69) is 5.32 Å². The van der Waals surface area contributed by atoms with Crippen molar-refractivity contribution >= 4 is 12.0 Å². The van der Waals surface area contributed by atoms with Gasteiger partial charge in [0.25, 0.3) is 0 Å². The number of carbonyl (C=O) groups is 2. The lowest BCUT2D eigenvalue weighted by Gasteiger charge is -2.09. The average Bonchev–Trinajstić information content (AvgIpc) is 1.84. The van der Waals surface area contributed by atoms with Gasteiger partial charge in [0.15, 0.2) is 0 Å². The highest BCUT2D eigenvalue weighted by Crippen LogP contribution is 1.93. The number of alkyl carbamates (subject to hydrolysis) is 1. The van der Waals surface area contributed by atoms with Crippen molar-refractivity contribution in [3.05, 3.63) is 0 Å². The first-order chi connectivity index (χ1) is 5.43. The molecule has 4 heteroatoms. The monoisotopic (exact) mass is 173 g/mol. The third-order valence-corrected chi connectivity index (χ3v) is 1.09. The van der Waals surface area contributed by atoms with Crippen molar-refractivity contribution in [3.8, 4) is 0 Å².